The number of nitrogens with two attached hydrogens (primary N) is 1. The van der Waals surface area contributed by atoms with Gasteiger partial charge in [-0.25, -0.2) is 0 Å². The molecular weight excluding hydrogens is 321 g/mol. The fourth-order valence-electron chi connectivity index (χ4n) is 2.79. The van der Waals surface area contributed by atoms with Gasteiger partial charge in [0, 0.05) is 30.7 Å². The van der Waals surface area contributed by atoms with Gasteiger partial charge in [-0.3, -0.25) is 9.78 Å². The summed E-state index contributed by atoms with van der Waals surface area (Å²) in [6, 6.07) is 9.99. The van der Waals surface area contributed by atoms with E-state index in [1.807, 2.05) is 35.2 Å². The first-order valence-corrected chi connectivity index (χ1v) is 7.05. The zero-order valence-electron chi connectivity index (χ0n) is 12.4. The smallest absolute Gasteiger partial charge is 0.273 e. The summed E-state index contributed by atoms with van der Waals surface area (Å²) >= 11 is 0. The summed E-state index contributed by atoms with van der Waals surface area (Å²) in [6.45, 7) is 3.53. The van der Waals surface area contributed by atoms with E-state index in [4.69, 9.17) is 5.73 Å². The first-order chi connectivity index (χ1) is 9.66. The third-order valence-corrected chi connectivity index (χ3v) is 4.14. The lowest BCUT2D eigenvalue weighted by Gasteiger charge is -2.35. The van der Waals surface area contributed by atoms with Crippen LogP contribution in [0.2, 0.25) is 0 Å². The molecule has 1 aliphatic rings. The van der Waals surface area contributed by atoms with E-state index in [-0.39, 0.29) is 36.8 Å². The maximum absolute atomic E-state index is 12.7. The van der Waals surface area contributed by atoms with E-state index in [0.717, 1.165) is 23.7 Å². The Hall–Kier alpha value is -1.36. The molecule has 120 valence electrons. The third kappa shape index (κ3) is 3.51. The largest absolute Gasteiger partial charge is 0.337 e. The van der Waals surface area contributed by atoms with E-state index in [1.165, 1.54) is 0 Å². The summed E-state index contributed by atoms with van der Waals surface area (Å²) in [6.07, 6.45) is 2.56. The molecule has 22 heavy (non-hydrogen) atoms. The van der Waals surface area contributed by atoms with E-state index in [0.29, 0.717) is 18.2 Å². The topological polar surface area (TPSA) is 59.2 Å². The van der Waals surface area contributed by atoms with Crippen LogP contribution in [0, 0.1) is 5.92 Å². The summed E-state index contributed by atoms with van der Waals surface area (Å²) in [5.74, 6) is 0.350. The second kappa shape index (κ2) is 7.77. The van der Waals surface area contributed by atoms with Crippen molar-refractivity contribution in [2.75, 3.05) is 13.1 Å². The van der Waals surface area contributed by atoms with Gasteiger partial charge in [0.1, 0.15) is 5.69 Å². The van der Waals surface area contributed by atoms with Crippen LogP contribution in [0.4, 0.5) is 0 Å². The molecule has 2 aromatic rings. The monoisotopic (exact) mass is 341 g/mol. The zero-order valence-corrected chi connectivity index (χ0v) is 14.1. The zero-order chi connectivity index (χ0) is 14.1. The molecule has 1 aromatic heterocycles. The minimum absolute atomic E-state index is 0. The molecule has 2 unspecified atom stereocenters. The lowest BCUT2D eigenvalue weighted by Crippen LogP contribution is -2.48. The first kappa shape index (κ1) is 18.7. The van der Waals surface area contributed by atoms with Gasteiger partial charge in [-0.05, 0) is 23.8 Å². The van der Waals surface area contributed by atoms with Gasteiger partial charge in [-0.2, -0.15) is 0 Å². The molecule has 1 aromatic carbocycles. The molecule has 0 aliphatic carbocycles. The van der Waals surface area contributed by atoms with Gasteiger partial charge in [-0.15, -0.1) is 24.8 Å². The van der Waals surface area contributed by atoms with Crippen LogP contribution in [0.3, 0.4) is 0 Å². The fraction of sp³-hybridized carbons (Fsp3) is 0.375. The molecule has 0 radical (unpaired) electrons. The van der Waals surface area contributed by atoms with Gasteiger partial charge < -0.3 is 10.6 Å². The highest BCUT2D eigenvalue weighted by atomic mass is 35.5. The van der Waals surface area contributed by atoms with Crippen LogP contribution in [0.1, 0.15) is 23.8 Å². The maximum atomic E-state index is 12.7. The first-order valence-electron chi connectivity index (χ1n) is 7.05. The lowest BCUT2D eigenvalue weighted by atomic mass is 9.94. The Morgan fingerprint density at radius 1 is 1.27 bits per heavy atom. The lowest BCUT2D eigenvalue weighted by molar-refractivity contribution is 0.0660. The van der Waals surface area contributed by atoms with Gasteiger partial charge in [0.05, 0.1) is 0 Å². The summed E-state index contributed by atoms with van der Waals surface area (Å²) in [7, 11) is 0. The third-order valence-electron chi connectivity index (χ3n) is 4.14. The summed E-state index contributed by atoms with van der Waals surface area (Å²) in [5, 5.41) is 1.97. The van der Waals surface area contributed by atoms with Crippen LogP contribution in [-0.2, 0) is 0 Å². The van der Waals surface area contributed by atoms with E-state index in [1.54, 1.807) is 6.20 Å². The van der Waals surface area contributed by atoms with Crippen molar-refractivity contribution >= 4 is 41.5 Å². The average Bonchev–Trinajstić information content (AvgIpc) is 2.49. The Morgan fingerprint density at radius 2 is 2.00 bits per heavy atom. The number of piperidine rings is 1. The van der Waals surface area contributed by atoms with Crippen LogP contribution in [0.5, 0.6) is 0 Å². The predicted molar refractivity (Wildman–Crippen MR) is 93.9 cm³/mol. The van der Waals surface area contributed by atoms with Crippen LogP contribution in [0.15, 0.2) is 36.5 Å². The van der Waals surface area contributed by atoms with Crippen molar-refractivity contribution in [1.82, 2.24) is 9.88 Å². The molecule has 2 heterocycles. The van der Waals surface area contributed by atoms with Gasteiger partial charge in [0.2, 0.25) is 0 Å². The molecule has 6 heteroatoms. The highest BCUT2D eigenvalue weighted by molar-refractivity contribution is 6.05. The second-order valence-corrected chi connectivity index (χ2v) is 5.56. The number of likely N-dealkylation sites (tertiary alicyclic amines) is 1. The number of benzene rings is 1. The maximum Gasteiger partial charge on any atom is 0.273 e. The number of hydrogen-bond acceptors (Lipinski definition) is 3. The van der Waals surface area contributed by atoms with Crippen LogP contribution < -0.4 is 5.73 Å². The predicted octanol–water partition coefficient (Wildman–Crippen LogP) is 2.89. The summed E-state index contributed by atoms with van der Waals surface area (Å²) in [4.78, 5) is 18.9. The molecule has 2 N–H and O–H groups in total. The van der Waals surface area contributed by atoms with Gasteiger partial charge in [-0.1, -0.05) is 31.2 Å². The van der Waals surface area contributed by atoms with E-state index >= 15 is 0 Å². The highest BCUT2D eigenvalue weighted by Crippen LogP contribution is 2.21. The van der Waals surface area contributed by atoms with Gasteiger partial charge in [0.15, 0.2) is 0 Å². The van der Waals surface area contributed by atoms with Gasteiger partial charge >= 0.3 is 0 Å². The number of hydrogen-bond donors (Lipinski definition) is 1. The molecule has 4 nitrogen and oxygen atoms in total. The molecular formula is C16H21Cl2N3O. The minimum Gasteiger partial charge on any atom is -0.337 e. The molecule has 1 aliphatic heterocycles. The van der Waals surface area contributed by atoms with E-state index in [9.17, 15) is 4.79 Å². The Kier molecular flexibility index (Phi) is 6.60. The quantitative estimate of drug-likeness (QED) is 0.867. The number of rotatable bonds is 1. The molecule has 0 bridgehead atoms. The van der Waals surface area contributed by atoms with Crippen molar-refractivity contribution in [1.29, 1.82) is 0 Å². The van der Waals surface area contributed by atoms with Crippen LogP contribution >= 0.6 is 24.8 Å². The van der Waals surface area contributed by atoms with Crippen molar-refractivity contribution in [3.8, 4) is 0 Å². The number of halogens is 2. The Morgan fingerprint density at radius 3 is 2.73 bits per heavy atom. The normalized spacial score (nSPS) is 20.9. The standard InChI is InChI=1S/C16H19N3O.2ClH/c1-11-10-19(9-7-14(11)17)16(20)15-13-5-3-2-4-12(13)6-8-18-15;;/h2-6,8,11,14H,7,9-10,17H2,1H3;2*1H. The van der Waals surface area contributed by atoms with Crippen molar-refractivity contribution < 1.29 is 4.79 Å². The van der Waals surface area contributed by atoms with Gasteiger partial charge in [0.25, 0.3) is 5.91 Å². The molecule has 0 saturated carbocycles. The SMILES string of the molecule is CC1CN(C(=O)c2nccc3ccccc23)CCC1N.Cl.Cl. The molecule has 0 spiro atoms. The molecule has 1 amide bonds. The Bertz CT molecular complexity index is 645. The minimum atomic E-state index is 0. The Balaban J connectivity index is 0.00000121. The number of carbonyl (C=O) groups is 1. The molecule has 3 rings (SSSR count). The average molecular weight is 342 g/mol. The molecule has 2 atom stereocenters. The van der Waals surface area contributed by atoms with Crippen LogP contribution in [0.25, 0.3) is 10.8 Å². The number of fused-ring (bicyclic) bond motifs is 1. The number of pyridine rings is 1. The highest BCUT2D eigenvalue weighted by Gasteiger charge is 2.28. The van der Waals surface area contributed by atoms with Crippen molar-refractivity contribution in [2.24, 2.45) is 11.7 Å². The van der Waals surface area contributed by atoms with Crippen molar-refractivity contribution in [3.63, 3.8) is 0 Å². The van der Waals surface area contributed by atoms with Crippen molar-refractivity contribution in [3.05, 3.63) is 42.2 Å². The van der Waals surface area contributed by atoms with E-state index < -0.39 is 0 Å². The summed E-state index contributed by atoms with van der Waals surface area (Å²) in [5.41, 5.74) is 6.56. The van der Waals surface area contributed by atoms with Crippen molar-refractivity contribution in [2.45, 2.75) is 19.4 Å². The number of amides is 1. The Labute approximate surface area is 142 Å². The second-order valence-electron chi connectivity index (χ2n) is 5.56. The van der Waals surface area contributed by atoms with Crippen LogP contribution in [-0.4, -0.2) is 34.9 Å². The molecule has 1 fully saturated rings. The van der Waals surface area contributed by atoms with E-state index in [2.05, 4.69) is 11.9 Å². The fourth-order valence-corrected chi connectivity index (χ4v) is 2.79. The summed E-state index contributed by atoms with van der Waals surface area (Å²) < 4.78 is 0. The number of aromatic nitrogens is 1. The number of nitrogens with zero attached hydrogens (tertiary/aromatic N) is 2. The number of carbonyl (C=O) groups excluding carboxylic acids is 1. The molecule has 1 saturated heterocycles.